The Hall–Kier alpha value is 0.270. The van der Waals surface area contributed by atoms with E-state index >= 15 is 0 Å². The van der Waals surface area contributed by atoms with Crippen molar-refractivity contribution in [2.45, 2.75) is 45.6 Å². The summed E-state index contributed by atoms with van der Waals surface area (Å²) in [6.07, 6.45) is 5.55. The zero-order valence-electron chi connectivity index (χ0n) is 10.5. The van der Waals surface area contributed by atoms with Gasteiger partial charge in [0.25, 0.3) is 0 Å². The predicted octanol–water partition coefficient (Wildman–Crippen LogP) is 2.83. The summed E-state index contributed by atoms with van der Waals surface area (Å²) in [6.45, 7) is 7.25. The molecule has 0 aromatic rings. The summed E-state index contributed by atoms with van der Waals surface area (Å²) in [5.41, 5.74) is 0. The summed E-state index contributed by atoms with van der Waals surface area (Å²) >= 11 is 4.20. The molecule has 0 heterocycles. The van der Waals surface area contributed by atoms with Gasteiger partial charge in [-0.25, -0.2) is 0 Å². The number of rotatable bonds is 10. The maximum absolute atomic E-state index is 5.51. The van der Waals surface area contributed by atoms with Crippen LogP contribution >= 0.6 is 12.6 Å². The highest BCUT2D eigenvalue weighted by Crippen LogP contribution is 2.01. The van der Waals surface area contributed by atoms with Crippen molar-refractivity contribution in [3.8, 4) is 0 Å². The number of hydrogen-bond donors (Lipinski definition) is 1. The Bertz CT molecular complexity index is 131. The molecule has 0 unspecified atom stereocenters. The molecule has 0 radical (unpaired) electrons. The van der Waals surface area contributed by atoms with Gasteiger partial charge in [0.05, 0.1) is 12.7 Å². The van der Waals surface area contributed by atoms with E-state index in [1.807, 2.05) is 0 Å². The summed E-state index contributed by atoms with van der Waals surface area (Å²) in [6, 6.07) is 0. The van der Waals surface area contributed by atoms with Crippen molar-refractivity contribution >= 4 is 12.6 Å². The fourth-order valence-corrected chi connectivity index (χ4v) is 1.63. The smallest absolute Gasteiger partial charge is 0.0596 e. The minimum atomic E-state index is 0.355. The zero-order chi connectivity index (χ0) is 11.5. The number of likely N-dealkylation sites (N-methyl/N-ethyl adjacent to an activating group) is 1. The van der Waals surface area contributed by atoms with Crippen molar-refractivity contribution in [1.82, 2.24) is 4.90 Å². The van der Waals surface area contributed by atoms with Crippen LogP contribution in [-0.2, 0) is 4.74 Å². The van der Waals surface area contributed by atoms with Crippen LogP contribution in [-0.4, -0.2) is 43.5 Å². The van der Waals surface area contributed by atoms with Crippen LogP contribution in [0.4, 0.5) is 0 Å². The molecule has 0 spiro atoms. The van der Waals surface area contributed by atoms with E-state index < -0.39 is 0 Å². The second kappa shape index (κ2) is 10.8. The molecule has 0 aliphatic rings. The van der Waals surface area contributed by atoms with Gasteiger partial charge < -0.3 is 9.64 Å². The predicted molar refractivity (Wildman–Crippen MR) is 70.9 cm³/mol. The van der Waals surface area contributed by atoms with E-state index in [-0.39, 0.29) is 0 Å². The quantitative estimate of drug-likeness (QED) is 0.460. The summed E-state index contributed by atoms with van der Waals surface area (Å²) in [4.78, 5) is 2.35. The Labute approximate surface area is 101 Å². The van der Waals surface area contributed by atoms with Gasteiger partial charge in [-0.1, -0.05) is 12.8 Å². The Morgan fingerprint density at radius 1 is 1.07 bits per heavy atom. The molecule has 0 amide bonds. The molecule has 0 saturated heterocycles. The third kappa shape index (κ3) is 12.2. The molecule has 3 heteroatoms. The lowest BCUT2D eigenvalue weighted by Crippen LogP contribution is -2.25. The first-order valence-corrected chi connectivity index (χ1v) is 6.71. The third-order valence-electron chi connectivity index (χ3n) is 2.37. The molecule has 0 aromatic carbocycles. The standard InChI is InChI=1S/C12H27NOS/c1-12(2)14-10-9-13(3)8-6-4-5-7-11-15/h12,15H,4-11H2,1-3H3. The van der Waals surface area contributed by atoms with Gasteiger partial charge in [0.2, 0.25) is 0 Å². The molecule has 0 fully saturated rings. The van der Waals surface area contributed by atoms with Crippen LogP contribution in [0.1, 0.15) is 39.5 Å². The van der Waals surface area contributed by atoms with E-state index in [0.29, 0.717) is 6.10 Å². The fourth-order valence-electron chi connectivity index (χ4n) is 1.40. The molecule has 0 atom stereocenters. The SMILES string of the molecule is CC(C)OCCN(C)CCCCCCS. The minimum absolute atomic E-state index is 0.355. The van der Waals surface area contributed by atoms with Gasteiger partial charge in [-0.05, 0) is 46.0 Å². The maximum Gasteiger partial charge on any atom is 0.0596 e. The molecule has 0 rings (SSSR count). The van der Waals surface area contributed by atoms with E-state index in [0.717, 1.165) is 18.9 Å². The molecule has 0 aromatic heterocycles. The molecular formula is C12H27NOS. The highest BCUT2D eigenvalue weighted by molar-refractivity contribution is 7.80. The van der Waals surface area contributed by atoms with Crippen LogP contribution in [0.2, 0.25) is 0 Å². The Morgan fingerprint density at radius 2 is 1.73 bits per heavy atom. The van der Waals surface area contributed by atoms with E-state index in [1.165, 1.54) is 32.2 Å². The van der Waals surface area contributed by atoms with Crippen LogP contribution in [0.3, 0.4) is 0 Å². The molecule has 2 nitrogen and oxygen atoms in total. The van der Waals surface area contributed by atoms with Crippen molar-refractivity contribution in [3.05, 3.63) is 0 Å². The Balaban J connectivity index is 3.15. The average molecular weight is 233 g/mol. The molecule has 0 saturated carbocycles. The summed E-state index contributed by atoms with van der Waals surface area (Å²) in [7, 11) is 2.17. The van der Waals surface area contributed by atoms with Crippen molar-refractivity contribution in [2.24, 2.45) is 0 Å². The number of hydrogen-bond acceptors (Lipinski definition) is 3. The van der Waals surface area contributed by atoms with Gasteiger partial charge in [0, 0.05) is 6.54 Å². The highest BCUT2D eigenvalue weighted by Gasteiger charge is 1.99. The number of ether oxygens (including phenoxy) is 1. The largest absolute Gasteiger partial charge is 0.377 e. The Kier molecular flexibility index (Phi) is 11.0. The van der Waals surface area contributed by atoms with E-state index in [9.17, 15) is 0 Å². The first-order valence-electron chi connectivity index (χ1n) is 6.07. The second-order valence-electron chi connectivity index (χ2n) is 4.36. The summed E-state index contributed by atoms with van der Waals surface area (Å²) < 4.78 is 5.51. The molecule has 0 aliphatic heterocycles. The monoisotopic (exact) mass is 233 g/mol. The van der Waals surface area contributed by atoms with Gasteiger partial charge in [0.1, 0.15) is 0 Å². The van der Waals surface area contributed by atoms with Gasteiger partial charge >= 0.3 is 0 Å². The lowest BCUT2D eigenvalue weighted by Gasteiger charge is -2.17. The molecule has 0 aliphatic carbocycles. The molecule has 0 N–H and O–H groups in total. The third-order valence-corrected chi connectivity index (χ3v) is 2.69. The van der Waals surface area contributed by atoms with Crippen LogP contribution in [0, 0.1) is 0 Å². The second-order valence-corrected chi connectivity index (χ2v) is 4.81. The van der Waals surface area contributed by atoms with Gasteiger partial charge in [-0.2, -0.15) is 12.6 Å². The average Bonchev–Trinajstić information content (AvgIpc) is 2.17. The van der Waals surface area contributed by atoms with E-state index in [4.69, 9.17) is 4.74 Å². The first kappa shape index (κ1) is 15.3. The van der Waals surface area contributed by atoms with Crippen LogP contribution < -0.4 is 0 Å². The van der Waals surface area contributed by atoms with E-state index in [1.54, 1.807) is 0 Å². The van der Waals surface area contributed by atoms with Crippen LogP contribution in [0.25, 0.3) is 0 Å². The van der Waals surface area contributed by atoms with Gasteiger partial charge in [0.15, 0.2) is 0 Å². The lowest BCUT2D eigenvalue weighted by atomic mass is 10.2. The van der Waals surface area contributed by atoms with Crippen molar-refractivity contribution in [1.29, 1.82) is 0 Å². The topological polar surface area (TPSA) is 12.5 Å². The highest BCUT2D eigenvalue weighted by atomic mass is 32.1. The normalized spacial score (nSPS) is 11.6. The number of nitrogens with zero attached hydrogens (tertiary/aromatic N) is 1. The Morgan fingerprint density at radius 3 is 2.33 bits per heavy atom. The van der Waals surface area contributed by atoms with Crippen LogP contribution in [0.15, 0.2) is 0 Å². The van der Waals surface area contributed by atoms with E-state index in [2.05, 4.69) is 38.4 Å². The van der Waals surface area contributed by atoms with Crippen molar-refractivity contribution in [3.63, 3.8) is 0 Å². The number of thiol groups is 1. The fraction of sp³-hybridized carbons (Fsp3) is 1.00. The van der Waals surface area contributed by atoms with Crippen molar-refractivity contribution < 1.29 is 4.74 Å². The summed E-state index contributed by atoms with van der Waals surface area (Å²) in [5.74, 6) is 1.03. The molecule has 0 bridgehead atoms. The molecule has 15 heavy (non-hydrogen) atoms. The van der Waals surface area contributed by atoms with Gasteiger partial charge in [-0.15, -0.1) is 0 Å². The van der Waals surface area contributed by atoms with Crippen LogP contribution in [0.5, 0.6) is 0 Å². The summed E-state index contributed by atoms with van der Waals surface area (Å²) in [5, 5.41) is 0. The number of unbranched alkanes of at least 4 members (excludes halogenated alkanes) is 3. The maximum atomic E-state index is 5.51. The van der Waals surface area contributed by atoms with Crippen molar-refractivity contribution in [2.75, 3.05) is 32.5 Å². The van der Waals surface area contributed by atoms with Gasteiger partial charge in [-0.3, -0.25) is 0 Å². The molecular weight excluding hydrogens is 206 g/mol. The zero-order valence-corrected chi connectivity index (χ0v) is 11.4. The minimum Gasteiger partial charge on any atom is -0.377 e. The first-order chi connectivity index (χ1) is 7.16. The lowest BCUT2D eigenvalue weighted by molar-refractivity contribution is 0.0636. The molecule has 92 valence electrons.